The van der Waals surface area contributed by atoms with Crippen LogP contribution in [0.15, 0.2) is 24.3 Å². The molecule has 2 aliphatic rings. The second kappa shape index (κ2) is 5.11. The summed E-state index contributed by atoms with van der Waals surface area (Å²) in [5, 5.41) is 3.21. The van der Waals surface area contributed by atoms with Gasteiger partial charge in [-0.2, -0.15) is 0 Å². The van der Waals surface area contributed by atoms with Gasteiger partial charge in [0, 0.05) is 25.3 Å². The van der Waals surface area contributed by atoms with E-state index < -0.39 is 9.84 Å². The summed E-state index contributed by atoms with van der Waals surface area (Å²) in [7, 11) is -2.78. The van der Waals surface area contributed by atoms with E-state index in [2.05, 4.69) is 39.4 Å². The fraction of sp³-hybridized carbons (Fsp3) is 0.538. The van der Waals surface area contributed by atoms with Crippen molar-refractivity contribution in [3.05, 3.63) is 29.8 Å². The number of sulfone groups is 1. The first kappa shape index (κ1) is 12.9. The van der Waals surface area contributed by atoms with Gasteiger partial charge in [0.2, 0.25) is 0 Å². The molecule has 19 heavy (non-hydrogen) atoms. The molecule has 0 amide bonds. The minimum Gasteiger partial charge on any atom is -0.346 e. The van der Waals surface area contributed by atoms with Gasteiger partial charge in [0.25, 0.3) is 0 Å². The van der Waals surface area contributed by atoms with E-state index in [-0.39, 0.29) is 0 Å². The molecule has 0 aliphatic carbocycles. The summed E-state index contributed by atoms with van der Waals surface area (Å²) in [4.78, 5) is 4.47. The Hall–Kier alpha value is -1.11. The summed E-state index contributed by atoms with van der Waals surface area (Å²) in [6.45, 7) is 3.99. The number of hydrogen-bond acceptors (Lipinski definition) is 5. The van der Waals surface area contributed by atoms with E-state index in [1.165, 1.54) is 11.3 Å². The Morgan fingerprint density at radius 2 is 1.68 bits per heavy atom. The number of benzene rings is 1. The molecule has 0 unspecified atom stereocenters. The zero-order valence-electron chi connectivity index (χ0n) is 10.9. The monoisotopic (exact) mass is 281 g/mol. The van der Waals surface area contributed by atoms with Gasteiger partial charge >= 0.3 is 0 Å². The van der Waals surface area contributed by atoms with Crippen LogP contribution >= 0.6 is 0 Å². The topological polar surface area (TPSA) is 52.7 Å². The smallest absolute Gasteiger partial charge is 0.152 e. The van der Waals surface area contributed by atoms with Crippen LogP contribution in [0, 0.1) is 0 Å². The van der Waals surface area contributed by atoms with Gasteiger partial charge in [0.1, 0.15) is 0 Å². The molecule has 2 heterocycles. The molecular weight excluding hydrogens is 262 g/mol. The summed E-state index contributed by atoms with van der Waals surface area (Å²) in [5.74, 6) is 0.592. The lowest BCUT2D eigenvalue weighted by molar-refractivity contribution is 0.287. The zero-order valence-corrected chi connectivity index (χ0v) is 11.7. The average Bonchev–Trinajstić information content (AvgIpc) is 2.32. The van der Waals surface area contributed by atoms with Crippen molar-refractivity contribution >= 4 is 15.5 Å². The number of anilines is 1. The van der Waals surface area contributed by atoms with Gasteiger partial charge in [-0.05, 0) is 17.7 Å². The predicted octanol–water partition coefficient (Wildman–Crippen LogP) is 0.242. The molecule has 0 radical (unpaired) electrons. The van der Waals surface area contributed by atoms with Gasteiger partial charge in [0.05, 0.1) is 24.8 Å². The van der Waals surface area contributed by atoms with Crippen molar-refractivity contribution in [2.24, 2.45) is 0 Å². The van der Waals surface area contributed by atoms with E-state index in [0.29, 0.717) is 24.6 Å². The summed E-state index contributed by atoms with van der Waals surface area (Å²) in [5.41, 5.74) is 2.49. The largest absolute Gasteiger partial charge is 0.346 e. The fourth-order valence-electron chi connectivity index (χ4n) is 2.38. The van der Waals surface area contributed by atoms with Crippen LogP contribution in [-0.2, 0) is 16.4 Å². The molecule has 1 aromatic carbocycles. The van der Waals surface area contributed by atoms with Gasteiger partial charge in [0.15, 0.2) is 9.84 Å². The Labute approximate surface area is 114 Å². The third-order valence-electron chi connectivity index (χ3n) is 3.75. The lowest BCUT2D eigenvalue weighted by Crippen LogP contribution is -2.52. The first-order valence-corrected chi connectivity index (χ1v) is 8.42. The van der Waals surface area contributed by atoms with Gasteiger partial charge in [-0.1, -0.05) is 12.1 Å². The Morgan fingerprint density at radius 1 is 1.05 bits per heavy atom. The minimum atomic E-state index is -2.78. The molecule has 1 aromatic rings. The Morgan fingerprint density at radius 3 is 2.21 bits per heavy atom. The Bertz CT molecular complexity index is 524. The van der Waals surface area contributed by atoms with E-state index in [9.17, 15) is 8.42 Å². The molecule has 1 N–H and O–H groups in total. The second-order valence-corrected chi connectivity index (χ2v) is 7.50. The van der Waals surface area contributed by atoms with Crippen molar-refractivity contribution in [1.82, 2.24) is 10.2 Å². The summed E-state index contributed by atoms with van der Waals surface area (Å²) >= 11 is 0. The van der Waals surface area contributed by atoms with E-state index in [1.54, 1.807) is 0 Å². The van der Waals surface area contributed by atoms with Gasteiger partial charge < -0.3 is 4.90 Å². The molecule has 3 rings (SSSR count). The van der Waals surface area contributed by atoms with Crippen LogP contribution in [0.3, 0.4) is 0 Å². The van der Waals surface area contributed by atoms with Crippen molar-refractivity contribution in [3.63, 3.8) is 0 Å². The lowest BCUT2D eigenvalue weighted by Gasteiger charge is -2.34. The minimum absolute atomic E-state index is 0.296. The third-order valence-corrected chi connectivity index (χ3v) is 5.36. The molecule has 0 saturated carbocycles. The van der Waals surface area contributed by atoms with Gasteiger partial charge in [-0.3, -0.25) is 10.2 Å². The molecule has 2 fully saturated rings. The molecule has 104 valence electrons. The van der Waals surface area contributed by atoms with E-state index in [1.807, 2.05) is 0 Å². The van der Waals surface area contributed by atoms with Crippen LogP contribution in [0.5, 0.6) is 0 Å². The summed E-state index contributed by atoms with van der Waals surface area (Å²) in [6.07, 6.45) is 0. The maximum atomic E-state index is 11.4. The highest BCUT2D eigenvalue weighted by molar-refractivity contribution is 7.91. The van der Waals surface area contributed by atoms with Gasteiger partial charge in [-0.25, -0.2) is 8.42 Å². The zero-order chi connectivity index (χ0) is 13.3. The third kappa shape index (κ3) is 3.08. The number of rotatable bonds is 3. The van der Waals surface area contributed by atoms with Crippen LogP contribution in [-0.4, -0.2) is 51.3 Å². The maximum absolute atomic E-state index is 11.4. The van der Waals surface area contributed by atoms with E-state index in [0.717, 1.165) is 19.9 Å². The molecule has 6 heteroatoms. The van der Waals surface area contributed by atoms with E-state index >= 15 is 0 Å². The quantitative estimate of drug-likeness (QED) is 0.860. The highest BCUT2D eigenvalue weighted by Gasteiger charge is 2.21. The first-order valence-electron chi connectivity index (χ1n) is 6.60. The van der Waals surface area contributed by atoms with Crippen LogP contribution in [0.4, 0.5) is 5.69 Å². The van der Waals surface area contributed by atoms with Crippen LogP contribution in [0.2, 0.25) is 0 Å². The fourth-order valence-corrected chi connectivity index (χ4v) is 3.66. The molecule has 0 aromatic heterocycles. The normalized spacial score (nSPS) is 23.1. The molecule has 0 atom stereocenters. The van der Waals surface area contributed by atoms with Crippen molar-refractivity contribution in [3.8, 4) is 0 Å². The van der Waals surface area contributed by atoms with Crippen LogP contribution in [0.25, 0.3) is 0 Å². The highest BCUT2D eigenvalue weighted by Crippen LogP contribution is 2.18. The molecule has 0 bridgehead atoms. The SMILES string of the molecule is O=S1(=O)CCN(Cc2ccc(N3CNC3)cc2)CC1. The molecule has 0 spiro atoms. The average molecular weight is 281 g/mol. The first-order chi connectivity index (χ1) is 9.12. The number of nitrogens with zero attached hydrogens (tertiary/aromatic N) is 2. The Balaban J connectivity index is 1.58. The molecular formula is C13H19N3O2S. The molecule has 2 saturated heterocycles. The van der Waals surface area contributed by atoms with Crippen molar-refractivity contribution in [2.45, 2.75) is 6.54 Å². The second-order valence-electron chi connectivity index (χ2n) is 5.20. The van der Waals surface area contributed by atoms with Crippen LogP contribution < -0.4 is 10.2 Å². The molecule has 5 nitrogen and oxygen atoms in total. The van der Waals surface area contributed by atoms with Crippen molar-refractivity contribution in [2.75, 3.05) is 42.8 Å². The summed E-state index contributed by atoms with van der Waals surface area (Å²) < 4.78 is 22.7. The van der Waals surface area contributed by atoms with Crippen molar-refractivity contribution < 1.29 is 8.42 Å². The Kier molecular flexibility index (Phi) is 3.47. The maximum Gasteiger partial charge on any atom is 0.152 e. The number of nitrogens with one attached hydrogen (secondary N) is 1. The highest BCUT2D eigenvalue weighted by atomic mass is 32.2. The summed E-state index contributed by atoms with van der Waals surface area (Å²) in [6, 6.07) is 8.54. The lowest BCUT2D eigenvalue weighted by atomic mass is 10.2. The van der Waals surface area contributed by atoms with Crippen molar-refractivity contribution in [1.29, 1.82) is 0 Å². The molecule has 2 aliphatic heterocycles. The number of hydrogen-bond donors (Lipinski definition) is 1. The predicted molar refractivity (Wildman–Crippen MR) is 75.7 cm³/mol. The standard InChI is InChI=1S/C13H19N3O2S/c17-19(18)7-5-15(6-8-19)9-12-1-3-13(4-2-12)16-10-14-11-16/h1-4,14H,5-11H2. The van der Waals surface area contributed by atoms with E-state index in [4.69, 9.17) is 0 Å². The van der Waals surface area contributed by atoms with Gasteiger partial charge in [-0.15, -0.1) is 0 Å². The van der Waals surface area contributed by atoms with Crippen LogP contribution in [0.1, 0.15) is 5.56 Å².